The van der Waals surface area contributed by atoms with Crippen molar-refractivity contribution in [3.63, 3.8) is 0 Å². The van der Waals surface area contributed by atoms with Crippen LogP contribution in [0.15, 0.2) is 66.7 Å². The van der Waals surface area contributed by atoms with Crippen LogP contribution in [-0.2, 0) is 11.2 Å². The van der Waals surface area contributed by atoms with Crippen LogP contribution in [0.4, 0.5) is 20.6 Å². The van der Waals surface area contributed by atoms with Crippen LogP contribution in [0.3, 0.4) is 0 Å². The number of methoxy groups -OCH3 is 2. The van der Waals surface area contributed by atoms with Gasteiger partial charge >= 0.3 is 12.0 Å². The summed E-state index contributed by atoms with van der Waals surface area (Å²) in [4.78, 5) is 38.1. The van der Waals surface area contributed by atoms with E-state index in [1.165, 1.54) is 43.4 Å². The Bertz CT molecular complexity index is 1370. The smallest absolute Gasteiger partial charge is 0.335 e. The highest BCUT2D eigenvalue weighted by Gasteiger charge is 2.36. The minimum atomic E-state index is -1.87. The van der Waals surface area contributed by atoms with E-state index in [0.717, 1.165) is 0 Å². The average Bonchev–Trinajstić information content (AvgIpc) is 3.45. The summed E-state index contributed by atoms with van der Waals surface area (Å²) in [6.45, 7) is -1.52. The highest BCUT2D eigenvalue weighted by Crippen LogP contribution is 2.29. The number of ether oxygens (including phenoxy) is 3. The van der Waals surface area contributed by atoms with Crippen molar-refractivity contribution in [3.8, 4) is 17.2 Å². The first-order valence-electron chi connectivity index (χ1n) is 12.6. The lowest BCUT2D eigenvalue weighted by atomic mass is 10.0. The summed E-state index contributed by atoms with van der Waals surface area (Å²) >= 11 is 0. The Hall–Kier alpha value is -4.64. The number of carboxylic acid groups (broad SMARTS) is 1. The molecule has 1 fully saturated rings. The van der Waals surface area contributed by atoms with Gasteiger partial charge in [-0.1, -0.05) is 18.2 Å². The number of carboxylic acids is 1. The maximum Gasteiger partial charge on any atom is 0.335 e. The summed E-state index contributed by atoms with van der Waals surface area (Å²) in [5, 5.41) is 14.5. The molecule has 1 aliphatic rings. The zero-order chi connectivity index (χ0) is 28.6. The lowest BCUT2D eigenvalue weighted by Gasteiger charge is -2.27. The van der Waals surface area contributed by atoms with E-state index in [1.54, 1.807) is 42.5 Å². The first kappa shape index (κ1) is 28.4. The van der Waals surface area contributed by atoms with Crippen LogP contribution in [0.2, 0.25) is 0 Å². The highest BCUT2D eigenvalue weighted by molar-refractivity contribution is 6.01. The maximum atomic E-state index is 15.1. The van der Waals surface area contributed by atoms with E-state index in [-0.39, 0.29) is 23.5 Å². The average molecular weight is 552 g/mol. The van der Waals surface area contributed by atoms with Crippen molar-refractivity contribution in [1.29, 1.82) is 0 Å². The third kappa shape index (κ3) is 6.86. The second-order valence-corrected chi connectivity index (χ2v) is 9.09. The Morgan fingerprint density at radius 2 is 1.65 bits per heavy atom. The van der Waals surface area contributed by atoms with Crippen molar-refractivity contribution in [1.82, 2.24) is 4.90 Å². The van der Waals surface area contributed by atoms with Gasteiger partial charge < -0.3 is 30.0 Å². The van der Waals surface area contributed by atoms with Crippen molar-refractivity contribution >= 4 is 29.2 Å². The number of rotatable bonds is 11. The van der Waals surface area contributed by atoms with Crippen LogP contribution in [0, 0.1) is 0 Å². The van der Waals surface area contributed by atoms with E-state index in [4.69, 9.17) is 19.3 Å². The lowest BCUT2D eigenvalue weighted by Crippen LogP contribution is -2.44. The SMILES string of the molecule is COc1ccccc1NC(=O)Nc1ccc(CC(=O)[C@@H]2CCCN2[C@H](F)Oc2ccc(C(=O)O)cc2)cc1OC. The van der Waals surface area contributed by atoms with Gasteiger partial charge in [0.05, 0.1) is 37.2 Å². The molecule has 0 aliphatic carbocycles. The number of likely N-dealkylation sites (tertiary alicyclic amines) is 1. The van der Waals surface area contributed by atoms with Crippen molar-refractivity contribution in [2.75, 3.05) is 31.4 Å². The molecule has 4 rings (SSSR count). The number of carbonyl (C=O) groups is 3. The van der Waals surface area contributed by atoms with Crippen molar-refractivity contribution in [3.05, 3.63) is 77.9 Å². The molecular formula is C29H30FN3O7. The van der Waals surface area contributed by atoms with Crippen molar-refractivity contribution in [2.45, 2.75) is 31.8 Å². The lowest BCUT2D eigenvalue weighted by molar-refractivity contribution is -0.133. The monoisotopic (exact) mass is 551 g/mol. The molecule has 11 heteroatoms. The number of aromatic carboxylic acids is 1. The normalized spacial score (nSPS) is 15.6. The summed E-state index contributed by atoms with van der Waals surface area (Å²) in [6.07, 6.45) is 1.15. The van der Waals surface area contributed by atoms with Gasteiger partial charge in [-0.15, -0.1) is 0 Å². The minimum absolute atomic E-state index is 0.0330. The van der Waals surface area contributed by atoms with Gasteiger partial charge in [-0.2, -0.15) is 4.39 Å². The summed E-state index contributed by atoms with van der Waals surface area (Å²) in [7, 11) is 2.96. The molecule has 0 bridgehead atoms. The number of hydrogen-bond acceptors (Lipinski definition) is 7. The van der Waals surface area contributed by atoms with Crippen molar-refractivity contribution in [2.24, 2.45) is 0 Å². The van der Waals surface area contributed by atoms with Crippen LogP contribution in [0.25, 0.3) is 0 Å². The standard InChI is InChI=1S/C29H30FN3O7/c1-38-25-8-4-3-6-21(25)31-29(37)32-22-14-9-18(17-26(22)39-2)16-24(34)23-7-5-15-33(23)28(30)40-20-12-10-19(11-13-20)27(35)36/h3-4,6,8-14,17,23,28H,5,7,15-16H2,1-2H3,(H,35,36)(H2,31,32,37)/t23-,28-/m0/s1. The van der Waals surface area contributed by atoms with Gasteiger partial charge in [0.15, 0.2) is 5.78 Å². The number of Topliss-reactive ketones (excluding diaryl/α,β-unsaturated/α-hetero) is 1. The third-order valence-electron chi connectivity index (χ3n) is 6.51. The van der Waals surface area contributed by atoms with Gasteiger partial charge in [-0.05, 0) is 66.9 Å². The van der Waals surface area contributed by atoms with Gasteiger partial charge in [-0.3, -0.25) is 4.79 Å². The van der Waals surface area contributed by atoms with Gasteiger partial charge in [0.1, 0.15) is 17.2 Å². The molecule has 0 saturated carbocycles. The van der Waals surface area contributed by atoms with Crippen LogP contribution in [0.1, 0.15) is 28.8 Å². The first-order chi connectivity index (χ1) is 19.3. The molecule has 2 atom stereocenters. The number of benzene rings is 3. The van der Waals surface area contributed by atoms with Crippen LogP contribution < -0.4 is 24.8 Å². The molecule has 0 aromatic heterocycles. The molecule has 0 radical (unpaired) electrons. The predicted octanol–water partition coefficient (Wildman–Crippen LogP) is 4.95. The van der Waals surface area contributed by atoms with Gasteiger partial charge in [-0.25, -0.2) is 14.5 Å². The number of anilines is 2. The zero-order valence-corrected chi connectivity index (χ0v) is 22.1. The van der Waals surface area contributed by atoms with Crippen LogP contribution in [0.5, 0.6) is 17.2 Å². The first-order valence-corrected chi connectivity index (χ1v) is 12.6. The molecule has 1 heterocycles. The molecule has 3 aromatic rings. The zero-order valence-electron chi connectivity index (χ0n) is 22.1. The topological polar surface area (TPSA) is 126 Å². The molecule has 210 valence electrons. The van der Waals surface area contributed by atoms with E-state index in [1.807, 2.05) is 0 Å². The molecule has 1 saturated heterocycles. The van der Waals surface area contributed by atoms with Gasteiger partial charge in [0.25, 0.3) is 6.48 Å². The number of urea groups is 1. The van der Waals surface area contributed by atoms with E-state index >= 15 is 4.39 Å². The van der Waals surface area contributed by atoms with E-state index < -0.39 is 24.5 Å². The largest absolute Gasteiger partial charge is 0.495 e. The number of nitrogens with one attached hydrogen (secondary N) is 2. The molecule has 0 spiro atoms. The Morgan fingerprint density at radius 3 is 2.33 bits per heavy atom. The fourth-order valence-corrected chi connectivity index (χ4v) is 4.53. The summed E-state index contributed by atoms with van der Waals surface area (Å²) in [6, 6.07) is 16.2. The van der Waals surface area contributed by atoms with Crippen LogP contribution >= 0.6 is 0 Å². The molecule has 40 heavy (non-hydrogen) atoms. The highest BCUT2D eigenvalue weighted by atomic mass is 19.1. The number of nitrogens with zero attached hydrogens (tertiary/aromatic N) is 1. The molecular weight excluding hydrogens is 521 g/mol. The van der Waals surface area contributed by atoms with E-state index in [2.05, 4.69) is 10.6 Å². The summed E-state index contributed by atoms with van der Waals surface area (Å²) in [5.41, 5.74) is 1.60. The number of amides is 2. The number of para-hydroxylation sites is 2. The van der Waals surface area contributed by atoms with Gasteiger partial charge in [0.2, 0.25) is 0 Å². The molecule has 10 nitrogen and oxygen atoms in total. The van der Waals surface area contributed by atoms with E-state index in [0.29, 0.717) is 47.8 Å². The van der Waals surface area contributed by atoms with Crippen molar-refractivity contribution < 1.29 is 38.1 Å². The number of ketones is 1. The minimum Gasteiger partial charge on any atom is -0.495 e. The number of carbonyl (C=O) groups excluding carboxylic acids is 2. The predicted molar refractivity (Wildman–Crippen MR) is 146 cm³/mol. The second kappa shape index (κ2) is 12.9. The van der Waals surface area contributed by atoms with E-state index in [9.17, 15) is 14.4 Å². The number of halogens is 1. The van der Waals surface area contributed by atoms with Crippen LogP contribution in [-0.4, -0.2) is 61.1 Å². The van der Waals surface area contributed by atoms with Gasteiger partial charge in [0, 0.05) is 13.0 Å². The quantitative estimate of drug-likeness (QED) is 0.286. The number of alkyl halides is 1. The molecule has 3 N–H and O–H groups in total. The molecule has 1 aliphatic heterocycles. The Labute approximate surface area is 230 Å². The third-order valence-corrected chi connectivity index (χ3v) is 6.51. The number of hydrogen-bond donors (Lipinski definition) is 3. The second-order valence-electron chi connectivity index (χ2n) is 9.09. The fourth-order valence-electron chi connectivity index (χ4n) is 4.53. The summed E-state index contributed by atoms with van der Waals surface area (Å²) in [5.74, 6) is -0.235. The molecule has 0 unspecified atom stereocenters. The fraction of sp³-hybridized carbons (Fsp3) is 0.276. The maximum absolute atomic E-state index is 15.1. The Kier molecular flexibility index (Phi) is 9.18. The summed E-state index contributed by atoms with van der Waals surface area (Å²) < 4.78 is 31.1. The molecule has 3 aromatic carbocycles. The Balaban J connectivity index is 1.38. The Morgan fingerprint density at radius 1 is 0.975 bits per heavy atom. The molecule has 2 amide bonds.